The van der Waals surface area contributed by atoms with Gasteiger partial charge in [0.1, 0.15) is 17.2 Å². The van der Waals surface area contributed by atoms with Gasteiger partial charge in [0.05, 0.1) is 18.4 Å². The van der Waals surface area contributed by atoms with Crippen molar-refractivity contribution in [2.24, 2.45) is 5.10 Å². The normalized spacial score (nSPS) is 11.6. The Kier molecular flexibility index (Phi) is 9.07. The Labute approximate surface area is 210 Å². The molecule has 3 aromatic carbocycles. The highest BCUT2D eigenvalue weighted by Gasteiger charge is 2.15. The third-order valence-electron chi connectivity index (χ3n) is 4.43. The SMILES string of the molecule is CCOc1ccc(C(=O)Oc2ccc(Br)cc2/C=N\NC(=O)[C@@H](C)Oc2cccc(Cl)c2)cc1. The molecule has 1 atom stereocenters. The van der Waals surface area contributed by atoms with E-state index >= 15 is 0 Å². The first-order valence-corrected chi connectivity index (χ1v) is 11.5. The molecule has 0 bridgehead atoms. The van der Waals surface area contributed by atoms with Gasteiger partial charge >= 0.3 is 5.97 Å². The van der Waals surface area contributed by atoms with E-state index in [1.165, 1.54) is 6.21 Å². The molecule has 0 aliphatic carbocycles. The number of carbonyl (C=O) groups excluding carboxylic acids is 2. The Morgan fingerprint density at radius 3 is 2.56 bits per heavy atom. The van der Waals surface area contributed by atoms with Crippen molar-refractivity contribution in [3.63, 3.8) is 0 Å². The van der Waals surface area contributed by atoms with Crippen LogP contribution in [-0.4, -0.2) is 30.8 Å². The van der Waals surface area contributed by atoms with Crippen LogP contribution < -0.4 is 19.6 Å². The van der Waals surface area contributed by atoms with E-state index < -0.39 is 18.0 Å². The molecule has 0 saturated carbocycles. The Bertz CT molecular complexity index is 1180. The summed E-state index contributed by atoms with van der Waals surface area (Å²) in [6.07, 6.45) is 0.574. The molecule has 0 unspecified atom stereocenters. The van der Waals surface area contributed by atoms with E-state index in [1.54, 1.807) is 73.7 Å². The molecule has 0 aliphatic heterocycles. The quantitative estimate of drug-likeness (QED) is 0.163. The van der Waals surface area contributed by atoms with E-state index in [0.717, 1.165) is 4.47 Å². The molecule has 9 heteroatoms. The number of halogens is 2. The molecule has 34 heavy (non-hydrogen) atoms. The van der Waals surface area contributed by atoms with Crippen LogP contribution in [0.2, 0.25) is 5.02 Å². The van der Waals surface area contributed by atoms with Crippen LogP contribution >= 0.6 is 27.5 Å². The van der Waals surface area contributed by atoms with E-state index in [-0.39, 0.29) is 5.75 Å². The fourth-order valence-electron chi connectivity index (χ4n) is 2.78. The van der Waals surface area contributed by atoms with Gasteiger partial charge in [0.2, 0.25) is 0 Å². The number of ether oxygens (including phenoxy) is 3. The average Bonchev–Trinajstić information content (AvgIpc) is 2.81. The summed E-state index contributed by atoms with van der Waals surface area (Å²) in [5, 5.41) is 4.48. The highest BCUT2D eigenvalue weighted by Crippen LogP contribution is 2.23. The first-order valence-electron chi connectivity index (χ1n) is 10.4. The Morgan fingerprint density at radius 1 is 1.09 bits per heavy atom. The predicted octanol–water partition coefficient (Wildman–Crippen LogP) is 5.64. The second kappa shape index (κ2) is 12.2. The Hall–Kier alpha value is -3.36. The van der Waals surface area contributed by atoms with Crippen molar-refractivity contribution in [3.8, 4) is 17.2 Å². The van der Waals surface area contributed by atoms with Crippen LogP contribution in [-0.2, 0) is 4.79 Å². The summed E-state index contributed by atoms with van der Waals surface area (Å²) in [6.45, 7) is 4.01. The molecule has 0 radical (unpaired) electrons. The number of carbonyl (C=O) groups is 2. The van der Waals surface area contributed by atoms with Crippen molar-refractivity contribution in [2.75, 3.05) is 6.61 Å². The van der Waals surface area contributed by atoms with Gasteiger partial charge in [-0.1, -0.05) is 33.6 Å². The van der Waals surface area contributed by atoms with Gasteiger partial charge in [-0.25, -0.2) is 10.2 Å². The summed E-state index contributed by atoms with van der Waals surface area (Å²) in [5.74, 6) is 0.421. The molecule has 0 aliphatic rings. The number of rotatable bonds is 9. The van der Waals surface area contributed by atoms with E-state index in [9.17, 15) is 9.59 Å². The summed E-state index contributed by atoms with van der Waals surface area (Å²) in [6, 6.07) is 18.5. The molecule has 0 heterocycles. The molecule has 1 amide bonds. The molecule has 1 N–H and O–H groups in total. The van der Waals surface area contributed by atoms with E-state index in [2.05, 4.69) is 26.5 Å². The highest BCUT2D eigenvalue weighted by molar-refractivity contribution is 9.10. The number of hydrazone groups is 1. The third-order valence-corrected chi connectivity index (χ3v) is 5.16. The van der Waals surface area contributed by atoms with E-state index in [1.807, 2.05) is 6.92 Å². The van der Waals surface area contributed by atoms with Crippen molar-refractivity contribution in [3.05, 3.63) is 87.4 Å². The minimum absolute atomic E-state index is 0.281. The number of esters is 1. The fraction of sp³-hybridized carbons (Fsp3) is 0.160. The van der Waals surface area contributed by atoms with Gasteiger partial charge in [-0.2, -0.15) is 5.10 Å². The Morgan fingerprint density at radius 2 is 1.85 bits per heavy atom. The summed E-state index contributed by atoms with van der Waals surface area (Å²) in [7, 11) is 0. The average molecular weight is 546 g/mol. The maximum absolute atomic E-state index is 12.6. The largest absolute Gasteiger partial charge is 0.494 e. The monoisotopic (exact) mass is 544 g/mol. The first-order chi connectivity index (χ1) is 16.4. The molecule has 0 aromatic heterocycles. The minimum atomic E-state index is -0.810. The lowest BCUT2D eigenvalue weighted by Gasteiger charge is -2.13. The second-order valence-electron chi connectivity index (χ2n) is 6.98. The first kappa shape index (κ1) is 25.3. The summed E-state index contributed by atoms with van der Waals surface area (Å²) in [4.78, 5) is 24.9. The van der Waals surface area contributed by atoms with Gasteiger partial charge in [-0.05, 0) is 74.5 Å². The maximum Gasteiger partial charge on any atom is 0.343 e. The molecule has 3 aromatic rings. The highest BCUT2D eigenvalue weighted by atomic mass is 79.9. The standard InChI is InChI=1S/C25H22BrClN2O5/c1-3-32-21-10-7-17(8-11-21)25(31)34-23-12-9-19(26)13-18(23)15-28-29-24(30)16(2)33-22-6-4-5-20(27)14-22/h4-16H,3H2,1-2H3,(H,29,30)/b28-15-/t16-/m1/s1. The molecule has 0 spiro atoms. The van der Waals surface area contributed by atoms with Crippen LogP contribution in [0.1, 0.15) is 29.8 Å². The van der Waals surface area contributed by atoms with Gasteiger partial charge in [-0.15, -0.1) is 0 Å². The molecule has 7 nitrogen and oxygen atoms in total. The molecule has 176 valence electrons. The predicted molar refractivity (Wildman–Crippen MR) is 134 cm³/mol. The van der Waals surface area contributed by atoms with Crippen LogP contribution in [0.3, 0.4) is 0 Å². The second-order valence-corrected chi connectivity index (χ2v) is 8.33. The van der Waals surface area contributed by atoms with Crippen molar-refractivity contribution in [1.29, 1.82) is 0 Å². The van der Waals surface area contributed by atoms with Crippen LogP contribution in [0.4, 0.5) is 0 Å². The number of amides is 1. The lowest BCUT2D eigenvalue weighted by atomic mass is 10.2. The van der Waals surface area contributed by atoms with E-state index in [4.69, 9.17) is 25.8 Å². The number of hydrogen-bond acceptors (Lipinski definition) is 6. The zero-order chi connectivity index (χ0) is 24.5. The van der Waals surface area contributed by atoms with Gasteiger partial charge in [0.25, 0.3) is 5.91 Å². The third kappa shape index (κ3) is 7.33. The molecule has 0 fully saturated rings. The summed E-state index contributed by atoms with van der Waals surface area (Å²) >= 11 is 9.32. The lowest BCUT2D eigenvalue weighted by molar-refractivity contribution is -0.127. The number of benzene rings is 3. The van der Waals surface area contributed by atoms with E-state index in [0.29, 0.717) is 34.3 Å². The Balaban J connectivity index is 1.64. The molecular weight excluding hydrogens is 524 g/mol. The number of nitrogens with zero attached hydrogens (tertiary/aromatic N) is 1. The fourth-order valence-corrected chi connectivity index (χ4v) is 3.34. The zero-order valence-corrected chi connectivity index (χ0v) is 20.8. The zero-order valence-electron chi connectivity index (χ0n) is 18.5. The number of hydrogen-bond donors (Lipinski definition) is 1. The van der Waals surface area contributed by atoms with Crippen molar-refractivity contribution in [1.82, 2.24) is 5.43 Å². The van der Waals surface area contributed by atoms with Crippen LogP contribution in [0.15, 0.2) is 76.3 Å². The van der Waals surface area contributed by atoms with Gasteiger partial charge in [0, 0.05) is 15.1 Å². The summed E-state index contributed by atoms with van der Waals surface area (Å²) < 4.78 is 17.2. The van der Waals surface area contributed by atoms with Crippen molar-refractivity contribution in [2.45, 2.75) is 20.0 Å². The van der Waals surface area contributed by atoms with Gasteiger partial charge in [0.15, 0.2) is 6.10 Å². The van der Waals surface area contributed by atoms with Crippen molar-refractivity contribution < 1.29 is 23.8 Å². The van der Waals surface area contributed by atoms with Crippen LogP contribution in [0.5, 0.6) is 17.2 Å². The molecular formula is C25H22BrClN2O5. The number of nitrogens with one attached hydrogen (secondary N) is 1. The summed E-state index contributed by atoms with van der Waals surface area (Å²) in [5.41, 5.74) is 3.27. The maximum atomic E-state index is 12.6. The smallest absolute Gasteiger partial charge is 0.343 e. The van der Waals surface area contributed by atoms with Gasteiger partial charge in [-0.3, -0.25) is 4.79 Å². The topological polar surface area (TPSA) is 86.2 Å². The van der Waals surface area contributed by atoms with Crippen LogP contribution in [0.25, 0.3) is 0 Å². The van der Waals surface area contributed by atoms with Crippen molar-refractivity contribution >= 4 is 45.6 Å². The lowest BCUT2D eigenvalue weighted by Crippen LogP contribution is -2.33. The molecule has 3 rings (SSSR count). The van der Waals surface area contributed by atoms with Gasteiger partial charge < -0.3 is 14.2 Å². The van der Waals surface area contributed by atoms with Crippen LogP contribution in [0, 0.1) is 0 Å². The molecule has 0 saturated heterocycles. The minimum Gasteiger partial charge on any atom is -0.494 e.